The highest BCUT2D eigenvalue weighted by atomic mass is 16.5. The minimum Gasteiger partial charge on any atom is -0.376 e. The molecule has 8 heteroatoms. The summed E-state index contributed by atoms with van der Waals surface area (Å²) in [5, 5.41) is 12.2. The van der Waals surface area contributed by atoms with Crippen LogP contribution in [-0.4, -0.2) is 71.9 Å². The van der Waals surface area contributed by atoms with Crippen molar-refractivity contribution in [3.63, 3.8) is 0 Å². The summed E-state index contributed by atoms with van der Waals surface area (Å²) in [6, 6.07) is 8.27. The van der Waals surface area contributed by atoms with Crippen LogP contribution >= 0.6 is 0 Å². The lowest BCUT2D eigenvalue weighted by Gasteiger charge is -2.39. The molecular formula is C28H43N3O5. The Hall–Kier alpha value is -2.10. The number of amides is 1. The largest absolute Gasteiger partial charge is 0.376 e. The zero-order valence-corrected chi connectivity index (χ0v) is 22.0. The van der Waals surface area contributed by atoms with Crippen LogP contribution in [0.5, 0.6) is 0 Å². The minimum atomic E-state index is -0.834. The number of rotatable bonds is 12. The maximum atomic E-state index is 12.4. The number of benzene rings is 1. The fraction of sp³-hybridized carbons (Fsp3) is 0.643. The third-order valence-corrected chi connectivity index (χ3v) is 6.87. The summed E-state index contributed by atoms with van der Waals surface area (Å²) in [6.45, 7) is 9.40. The van der Waals surface area contributed by atoms with Gasteiger partial charge in [-0.25, -0.2) is 5.48 Å². The number of carbonyl (C=O) groups excluding carboxylic acids is 2. The van der Waals surface area contributed by atoms with Crippen molar-refractivity contribution in [1.29, 1.82) is 0 Å². The Bertz CT molecular complexity index is 853. The zero-order valence-electron chi connectivity index (χ0n) is 22.0. The van der Waals surface area contributed by atoms with Gasteiger partial charge in [-0.2, -0.15) is 0 Å². The third kappa shape index (κ3) is 9.41. The normalized spacial score (nSPS) is 20.0. The van der Waals surface area contributed by atoms with Gasteiger partial charge in [0, 0.05) is 18.7 Å². The number of nitrogens with zero attached hydrogens (tertiary/aromatic N) is 1. The first-order valence-corrected chi connectivity index (χ1v) is 13.1. The maximum absolute atomic E-state index is 12.4. The summed E-state index contributed by atoms with van der Waals surface area (Å²) >= 11 is 0. The Morgan fingerprint density at radius 2 is 1.75 bits per heavy atom. The molecule has 36 heavy (non-hydrogen) atoms. The Balaban J connectivity index is 1.52. The zero-order chi connectivity index (χ0) is 26.0. The highest BCUT2D eigenvalue weighted by molar-refractivity contribution is 5.90. The number of hydrogen-bond donors (Lipinski definition) is 3. The molecule has 0 unspecified atom stereocenters. The minimum absolute atomic E-state index is 0.229. The molecule has 1 saturated carbocycles. The molecule has 0 bridgehead atoms. The summed E-state index contributed by atoms with van der Waals surface area (Å²) in [7, 11) is 0. The second-order valence-corrected chi connectivity index (χ2v) is 11.1. The molecule has 200 valence electrons. The molecule has 2 aliphatic rings. The van der Waals surface area contributed by atoms with Crippen LogP contribution in [0, 0.1) is 0 Å². The molecule has 8 nitrogen and oxygen atoms in total. The molecule has 0 radical (unpaired) electrons. The van der Waals surface area contributed by atoms with E-state index in [9.17, 15) is 9.59 Å². The van der Waals surface area contributed by atoms with Gasteiger partial charge in [0.1, 0.15) is 11.8 Å². The van der Waals surface area contributed by atoms with Crippen LogP contribution < -0.4 is 10.8 Å². The molecule has 3 rings (SSSR count). The van der Waals surface area contributed by atoms with Crippen LogP contribution in [0.2, 0.25) is 0 Å². The second-order valence-electron chi connectivity index (χ2n) is 11.1. The number of piperidine rings is 1. The van der Waals surface area contributed by atoms with Gasteiger partial charge >= 0.3 is 0 Å². The third-order valence-electron chi connectivity index (χ3n) is 6.87. The van der Waals surface area contributed by atoms with Crippen molar-refractivity contribution in [2.75, 3.05) is 26.3 Å². The van der Waals surface area contributed by atoms with Gasteiger partial charge in [-0.3, -0.25) is 20.2 Å². The molecule has 1 atom stereocenters. The van der Waals surface area contributed by atoms with Crippen molar-refractivity contribution in [2.45, 2.75) is 89.1 Å². The van der Waals surface area contributed by atoms with Crippen molar-refractivity contribution in [2.24, 2.45) is 0 Å². The van der Waals surface area contributed by atoms with Gasteiger partial charge in [0.2, 0.25) is 0 Å². The number of nitrogens with one attached hydrogen (secondary N) is 2. The smallest absolute Gasteiger partial charge is 0.267 e. The lowest BCUT2D eigenvalue weighted by atomic mass is 9.97. The van der Waals surface area contributed by atoms with Crippen molar-refractivity contribution < 1.29 is 24.3 Å². The molecule has 1 aromatic rings. The molecule has 0 spiro atoms. The number of carbonyl (C=O) groups is 2. The summed E-state index contributed by atoms with van der Waals surface area (Å²) in [6.07, 6.45) is 10.6. The molecule has 3 N–H and O–H groups in total. The quantitative estimate of drug-likeness (QED) is 0.175. The Labute approximate surface area is 215 Å². The summed E-state index contributed by atoms with van der Waals surface area (Å²) in [5.74, 6) is -0.552. The van der Waals surface area contributed by atoms with E-state index in [-0.39, 0.29) is 17.7 Å². The number of hydroxylamine groups is 1. The molecule has 1 saturated heterocycles. The van der Waals surface area contributed by atoms with Crippen molar-refractivity contribution in [3.05, 3.63) is 41.5 Å². The van der Waals surface area contributed by atoms with Gasteiger partial charge in [-0.1, -0.05) is 37.1 Å². The fourth-order valence-corrected chi connectivity index (χ4v) is 4.74. The maximum Gasteiger partial charge on any atom is 0.267 e. The molecule has 0 aromatic heterocycles. The van der Waals surface area contributed by atoms with Crippen LogP contribution in [0.15, 0.2) is 30.3 Å². The van der Waals surface area contributed by atoms with E-state index < -0.39 is 11.4 Å². The van der Waals surface area contributed by atoms with Crippen LogP contribution in [0.3, 0.4) is 0 Å². The van der Waals surface area contributed by atoms with Crippen LogP contribution in [-0.2, 0) is 25.6 Å². The topological polar surface area (TPSA) is 100 Å². The van der Waals surface area contributed by atoms with E-state index >= 15 is 0 Å². The van der Waals surface area contributed by atoms with Gasteiger partial charge < -0.3 is 14.3 Å². The van der Waals surface area contributed by atoms with E-state index in [1.807, 2.05) is 32.9 Å². The van der Waals surface area contributed by atoms with Gasteiger partial charge in [-0.15, -0.1) is 0 Å². The van der Waals surface area contributed by atoms with Crippen LogP contribution in [0.4, 0.5) is 0 Å². The predicted molar refractivity (Wildman–Crippen MR) is 140 cm³/mol. The molecular weight excluding hydrogens is 458 g/mol. The van der Waals surface area contributed by atoms with Gasteiger partial charge in [0.05, 0.1) is 24.9 Å². The van der Waals surface area contributed by atoms with Crippen molar-refractivity contribution >= 4 is 18.3 Å². The SMILES string of the molecule is CC(C)(C)OC[C@](C=O)(COC1CCCC1)NC1CCN(Cc2ccc(/C=C/C(=O)NO)cc2)CC1. The Kier molecular flexibility index (Phi) is 10.6. The lowest BCUT2D eigenvalue weighted by Crippen LogP contribution is -2.60. The van der Waals surface area contributed by atoms with Gasteiger partial charge in [0.15, 0.2) is 0 Å². The standard InChI is InChI=1S/C28H43N3O5/c1-27(2,3)36-21-28(19-32,20-35-25-6-4-5-7-25)29-24-14-16-31(17-15-24)18-23-10-8-22(9-11-23)12-13-26(33)30-34/h8-13,19,24-25,29,34H,4-7,14-18,20-21H2,1-3H3,(H,30,33)/b13-12+/t28-/m0/s1. The number of ether oxygens (including phenoxy) is 2. The summed E-state index contributed by atoms with van der Waals surface area (Å²) < 4.78 is 12.3. The van der Waals surface area contributed by atoms with Crippen molar-refractivity contribution in [3.8, 4) is 0 Å². The number of likely N-dealkylation sites (tertiary alicyclic amines) is 1. The van der Waals surface area contributed by atoms with Crippen LogP contribution in [0.25, 0.3) is 6.08 Å². The average Bonchev–Trinajstić information content (AvgIpc) is 3.40. The first kappa shape index (κ1) is 28.5. The van der Waals surface area contributed by atoms with E-state index in [1.165, 1.54) is 24.5 Å². The van der Waals surface area contributed by atoms with Crippen molar-refractivity contribution in [1.82, 2.24) is 15.7 Å². The summed E-state index contributed by atoms with van der Waals surface area (Å²) in [4.78, 5) is 25.9. The monoisotopic (exact) mass is 501 g/mol. The molecule has 1 aliphatic heterocycles. The van der Waals surface area contributed by atoms with E-state index in [0.29, 0.717) is 13.2 Å². The highest BCUT2D eigenvalue weighted by Crippen LogP contribution is 2.24. The van der Waals surface area contributed by atoms with E-state index in [2.05, 4.69) is 22.3 Å². The summed E-state index contributed by atoms with van der Waals surface area (Å²) in [5.41, 5.74) is 2.52. The van der Waals surface area contributed by atoms with Gasteiger partial charge in [-0.05, 0) is 76.7 Å². The Morgan fingerprint density at radius 1 is 1.08 bits per heavy atom. The highest BCUT2D eigenvalue weighted by Gasteiger charge is 2.37. The van der Waals surface area contributed by atoms with E-state index in [0.717, 1.165) is 57.2 Å². The Morgan fingerprint density at radius 3 is 2.33 bits per heavy atom. The van der Waals surface area contributed by atoms with Gasteiger partial charge in [0.25, 0.3) is 5.91 Å². The second kappa shape index (κ2) is 13.4. The van der Waals surface area contributed by atoms with Crippen LogP contribution in [0.1, 0.15) is 70.4 Å². The first-order valence-electron chi connectivity index (χ1n) is 13.1. The molecule has 1 aliphatic carbocycles. The number of aldehydes is 1. The predicted octanol–water partition coefficient (Wildman–Crippen LogP) is 3.47. The molecule has 2 fully saturated rings. The molecule has 1 aromatic carbocycles. The first-order chi connectivity index (χ1) is 17.2. The number of hydrogen-bond acceptors (Lipinski definition) is 7. The molecule has 1 heterocycles. The van der Waals surface area contributed by atoms with E-state index in [1.54, 1.807) is 11.6 Å². The lowest BCUT2D eigenvalue weighted by molar-refractivity contribution is -0.126. The van der Waals surface area contributed by atoms with E-state index in [4.69, 9.17) is 14.7 Å². The average molecular weight is 502 g/mol. The molecule has 1 amide bonds. The fourth-order valence-electron chi connectivity index (χ4n) is 4.74.